The Kier molecular flexibility index (Phi) is 5.54. The minimum atomic E-state index is 0.295. The first-order valence-corrected chi connectivity index (χ1v) is 7.33. The molecule has 96 valence electrons. The molecule has 0 spiro atoms. The van der Waals surface area contributed by atoms with Gasteiger partial charge in [-0.05, 0) is 67.7 Å². The molecule has 0 heterocycles. The van der Waals surface area contributed by atoms with Crippen LogP contribution in [0.15, 0.2) is 23.1 Å². The van der Waals surface area contributed by atoms with Gasteiger partial charge in [0.1, 0.15) is 0 Å². The van der Waals surface area contributed by atoms with Crippen molar-refractivity contribution in [3.8, 4) is 0 Å². The van der Waals surface area contributed by atoms with Crippen molar-refractivity contribution in [3.63, 3.8) is 0 Å². The van der Waals surface area contributed by atoms with Crippen molar-refractivity contribution in [2.45, 2.75) is 45.4 Å². The van der Waals surface area contributed by atoms with Crippen molar-refractivity contribution in [1.82, 2.24) is 0 Å². The summed E-state index contributed by atoms with van der Waals surface area (Å²) >= 11 is 1.95. The molecule has 0 aliphatic heterocycles. The van der Waals surface area contributed by atoms with Gasteiger partial charge in [-0.25, -0.2) is 0 Å². The molecule has 2 N–H and O–H groups in total. The predicted octanol–water partition coefficient (Wildman–Crippen LogP) is 4.16. The predicted molar refractivity (Wildman–Crippen MR) is 78.7 cm³/mol. The third-order valence-corrected chi connectivity index (χ3v) is 4.38. The van der Waals surface area contributed by atoms with E-state index in [0.29, 0.717) is 5.41 Å². The summed E-state index contributed by atoms with van der Waals surface area (Å²) < 4.78 is 0. The highest BCUT2D eigenvalue weighted by Crippen LogP contribution is 2.25. The Morgan fingerprint density at radius 3 is 2.47 bits per heavy atom. The van der Waals surface area contributed by atoms with Crippen LogP contribution in [0.1, 0.15) is 37.8 Å². The quantitative estimate of drug-likeness (QED) is 0.607. The summed E-state index contributed by atoms with van der Waals surface area (Å²) in [5.41, 5.74) is 8.78. The molecular weight excluding hydrogens is 226 g/mol. The summed E-state index contributed by atoms with van der Waals surface area (Å²) in [5, 5.41) is 0. The first kappa shape index (κ1) is 14.6. The lowest BCUT2D eigenvalue weighted by atomic mass is 9.88. The number of nitrogens with two attached hydrogens (primary N) is 1. The van der Waals surface area contributed by atoms with Gasteiger partial charge in [-0.15, -0.1) is 11.8 Å². The summed E-state index contributed by atoms with van der Waals surface area (Å²) in [6.07, 6.45) is 2.45. The van der Waals surface area contributed by atoms with Gasteiger partial charge in [0.15, 0.2) is 0 Å². The van der Waals surface area contributed by atoms with Gasteiger partial charge in [0, 0.05) is 4.90 Å². The lowest BCUT2D eigenvalue weighted by Gasteiger charge is -2.21. The highest BCUT2D eigenvalue weighted by Gasteiger charge is 2.14. The number of benzene rings is 1. The normalized spacial score (nSPS) is 11.8. The standard InChI is InChI=1S/C15H25NS/c1-12-6-7-14(10-13(12)2)17-9-5-8-15(3,4)11-16/h6-7,10H,5,8-9,11,16H2,1-4H3. The zero-order valence-corrected chi connectivity index (χ0v) is 12.4. The monoisotopic (exact) mass is 251 g/mol. The van der Waals surface area contributed by atoms with Gasteiger partial charge in [-0.2, -0.15) is 0 Å². The SMILES string of the molecule is Cc1ccc(SCCCC(C)(C)CN)cc1C. The van der Waals surface area contributed by atoms with Gasteiger partial charge in [0.05, 0.1) is 0 Å². The number of thioether (sulfide) groups is 1. The number of aryl methyl sites for hydroxylation is 2. The van der Waals surface area contributed by atoms with Crippen LogP contribution in [0.3, 0.4) is 0 Å². The van der Waals surface area contributed by atoms with E-state index < -0.39 is 0 Å². The Balaban J connectivity index is 2.34. The van der Waals surface area contributed by atoms with Gasteiger partial charge < -0.3 is 5.73 Å². The van der Waals surface area contributed by atoms with Gasteiger partial charge in [-0.3, -0.25) is 0 Å². The van der Waals surface area contributed by atoms with Crippen LogP contribution in [0.25, 0.3) is 0 Å². The molecule has 1 aromatic carbocycles. The maximum atomic E-state index is 5.73. The minimum Gasteiger partial charge on any atom is -0.330 e. The van der Waals surface area contributed by atoms with Crippen LogP contribution >= 0.6 is 11.8 Å². The highest BCUT2D eigenvalue weighted by atomic mass is 32.2. The van der Waals surface area contributed by atoms with Crippen LogP contribution in [-0.2, 0) is 0 Å². The fourth-order valence-corrected chi connectivity index (χ4v) is 2.60. The van der Waals surface area contributed by atoms with Crippen molar-refractivity contribution in [3.05, 3.63) is 29.3 Å². The van der Waals surface area contributed by atoms with E-state index in [1.54, 1.807) is 0 Å². The fourth-order valence-electron chi connectivity index (χ4n) is 1.65. The van der Waals surface area contributed by atoms with E-state index in [0.717, 1.165) is 6.54 Å². The molecule has 0 radical (unpaired) electrons. The molecule has 0 fully saturated rings. The third kappa shape index (κ3) is 5.13. The summed E-state index contributed by atoms with van der Waals surface area (Å²) in [5.74, 6) is 1.19. The zero-order chi connectivity index (χ0) is 12.9. The molecule has 0 amide bonds. The molecule has 0 aliphatic carbocycles. The summed E-state index contributed by atoms with van der Waals surface area (Å²) in [7, 11) is 0. The van der Waals surface area contributed by atoms with Crippen molar-refractivity contribution in [2.75, 3.05) is 12.3 Å². The average Bonchev–Trinajstić information content (AvgIpc) is 2.29. The van der Waals surface area contributed by atoms with Crippen molar-refractivity contribution in [2.24, 2.45) is 11.1 Å². The van der Waals surface area contributed by atoms with Crippen LogP contribution in [0.4, 0.5) is 0 Å². The lowest BCUT2D eigenvalue weighted by molar-refractivity contribution is 0.345. The van der Waals surface area contributed by atoms with E-state index in [1.165, 1.54) is 34.6 Å². The van der Waals surface area contributed by atoms with E-state index in [4.69, 9.17) is 5.73 Å². The van der Waals surface area contributed by atoms with E-state index in [9.17, 15) is 0 Å². The van der Waals surface area contributed by atoms with Crippen LogP contribution in [0, 0.1) is 19.3 Å². The Morgan fingerprint density at radius 1 is 1.18 bits per heavy atom. The molecule has 0 saturated carbocycles. The van der Waals surface area contributed by atoms with Crippen LogP contribution in [0.5, 0.6) is 0 Å². The second kappa shape index (κ2) is 6.46. The molecule has 1 nitrogen and oxygen atoms in total. The van der Waals surface area contributed by atoms with Crippen molar-refractivity contribution < 1.29 is 0 Å². The highest BCUT2D eigenvalue weighted by molar-refractivity contribution is 7.99. The van der Waals surface area contributed by atoms with Gasteiger partial charge >= 0.3 is 0 Å². The smallest absolute Gasteiger partial charge is 0.00747 e. The van der Waals surface area contributed by atoms with E-state index in [2.05, 4.69) is 45.9 Å². The second-order valence-corrected chi connectivity index (χ2v) is 6.73. The molecular formula is C15H25NS. The first-order chi connectivity index (χ1) is 7.94. The van der Waals surface area contributed by atoms with E-state index in [1.807, 2.05) is 11.8 Å². The maximum absolute atomic E-state index is 5.73. The van der Waals surface area contributed by atoms with Crippen LogP contribution in [-0.4, -0.2) is 12.3 Å². The minimum absolute atomic E-state index is 0.295. The third-order valence-electron chi connectivity index (χ3n) is 3.30. The molecule has 17 heavy (non-hydrogen) atoms. The molecule has 0 atom stereocenters. The molecule has 0 aliphatic rings. The van der Waals surface area contributed by atoms with Crippen LogP contribution in [0.2, 0.25) is 0 Å². The van der Waals surface area contributed by atoms with Crippen LogP contribution < -0.4 is 5.73 Å². The molecule has 0 saturated heterocycles. The van der Waals surface area contributed by atoms with E-state index >= 15 is 0 Å². The Hall–Kier alpha value is -0.470. The summed E-state index contributed by atoms with van der Waals surface area (Å²) in [6, 6.07) is 6.72. The fraction of sp³-hybridized carbons (Fsp3) is 0.600. The van der Waals surface area contributed by atoms with E-state index in [-0.39, 0.29) is 0 Å². The maximum Gasteiger partial charge on any atom is 0.00747 e. The summed E-state index contributed by atoms with van der Waals surface area (Å²) in [6.45, 7) is 9.60. The molecule has 0 aromatic heterocycles. The number of hydrogen-bond donors (Lipinski definition) is 1. The molecule has 2 heteroatoms. The lowest BCUT2D eigenvalue weighted by Crippen LogP contribution is -2.23. The number of hydrogen-bond acceptors (Lipinski definition) is 2. The molecule has 0 unspecified atom stereocenters. The van der Waals surface area contributed by atoms with Gasteiger partial charge in [-0.1, -0.05) is 19.9 Å². The number of rotatable bonds is 6. The van der Waals surface area contributed by atoms with Crippen molar-refractivity contribution >= 4 is 11.8 Å². The molecule has 1 aromatic rings. The zero-order valence-electron chi connectivity index (χ0n) is 11.5. The van der Waals surface area contributed by atoms with Crippen molar-refractivity contribution in [1.29, 1.82) is 0 Å². The average molecular weight is 251 g/mol. The Morgan fingerprint density at radius 2 is 1.88 bits per heavy atom. The topological polar surface area (TPSA) is 26.0 Å². The Bertz CT molecular complexity index is 358. The first-order valence-electron chi connectivity index (χ1n) is 6.35. The molecule has 0 bridgehead atoms. The molecule has 1 rings (SSSR count). The van der Waals surface area contributed by atoms with Gasteiger partial charge in [0.2, 0.25) is 0 Å². The second-order valence-electron chi connectivity index (χ2n) is 5.57. The largest absolute Gasteiger partial charge is 0.330 e. The van der Waals surface area contributed by atoms with Gasteiger partial charge in [0.25, 0.3) is 0 Å². The summed E-state index contributed by atoms with van der Waals surface area (Å²) in [4.78, 5) is 1.39. The Labute approximate surface area is 110 Å².